The van der Waals surface area contributed by atoms with Crippen molar-refractivity contribution in [2.45, 2.75) is 34.1 Å². The number of benzene rings is 1. The van der Waals surface area contributed by atoms with Gasteiger partial charge in [-0.05, 0) is 35.6 Å². The normalized spacial score (nSPS) is 11.1. The molecule has 23 heavy (non-hydrogen) atoms. The van der Waals surface area contributed by atoms with E-state index in [0.717, 1.165) is 11.3 Å². The Morgan fingerprint density at radius 1 is 1.26 bits per heavy atom. The summed E-state index contributed by atoms with van der Waals surface area (Å²) < 4.78 is 5.65. The van der Waals surface area contributed by atoms with Gasteiger partial charge in [0.05, 0.1) is 13.0 Å². The summed E-state index contributed by atoms with van der Waals surface area (Å²) in [5.74, 6) is 1.46. The van der Waals surface area contributed by atoms with Crippen molar-refractivity contribution in [1.29, 1.82) is 0 Å². The maximum Gasteiger partial charge on any atom is 0.226 e. The molecule has 5 heteroatoms. The quantitative estimate of drug-likeness (QED) is 0.789. The third-order valence-electron chi connectivity index (χ3n) is 3.51. The van der Waals surface area contributed by atoms with Crippen molar-refractivity contribution < 1.29 is 9.53 Å². The zero-order valence-corrected chi connectivity index (χ0v) is 15.8. The molecule has 0 aliphatic rings. The van der Waals surface area contributed by atoms with Gasteiger partial charge in [-0.2, -0.15) is 0 Å². The monoisotopic (exact) mass is 342 g/mol. The molecule has 0 heterocycles. The Balaban J connectivity index is 0.00000484. The number of nitrogens with two attached hydrogens (primary N) is 1. The van der Waals surface area contributed by atoms with Gasteiger partial charge in [0.15, 0.2) is 0 Å². The molecule has 0 spiro atoms. The fraction of sp³-hybridized carbons (Fsp3) is 0.611. The van der Waals surface area contributed by atoms with Crippen LogP contribution in [-0.2, 0) is 11.2 Å². The third kappa shape index (κ3) is 8.24. The molecular weight excluding hydrogens is 312 g/mol. The summed E-state index contributed by atoms with van der Waals surface area (Å²) in [5.41, 5.74) is 6.66. The summed E-state index contributed by atoms with van der Waals surface area (Å²) >= 11 is 0. The minimum absolute atomic E-state index is 0. The number of carbonyl (C=O) groups excluding carboxylic acids is 1. The highest BCUT2D eigenvalue weighted by Crippen LogP contribution is 2.16. The molecule has 0 aromatic heterocycles. The van der Waals surface area contributed by atoms with Gasteiger partial charge in [0.25, 0.3) is 0 Å². The van der Waals surface area contributed by atoms with Crippen molar-refractivity contribution in [3.63, 3.8) is 0 Å². The number of hydrogen-bond donors (Lipinski definition) is 1. The number of halogens is 1. The standard InChI is InChI=1S/C18H30N2O2.ClH/c1-14(2)11-22-16-8-6-15(7-9-16)10-17(21)20(5)13-18(3,4)12-19;/h6-9,14H,10-13,19H2,1-5H3;1H. The van der Waals surface area contributed by atoms with Gasteiger partial charge < -0.3 is 15.4 Å². The number of amides is 1. The predicted molar refractivity (Wildman–Crippen MR) is 98.2 cm³/mol. The molecule has 1 aromatic carbocycles. The first-order chi connectivity index (χ1) is 10.2. The van der Waals surface area contributed by atoms with Crippen molar-refractivity contribution in [3.8, 4) is 5.75 Å². The van der Waals surface area contributed by atoms with Crippen LogP contribution in [0.4, 0.5) is 0 Å². The van der Waals surface area contributed by atoms with Crippen LogP contribution in [0.1, 0.15) is 33.3 Å². The number of rotatable bonds is 8. The first-order valence-corrected chi connectivity index (χ1v) is 7.89. The second-order valence-corrected chi connectivity index (χ2v) is 7.14. The predicted octanol–water partition coefficient (Wildman–Crippen LogP) is 3.13. The SMILES string of the molecule is CC(C)COc1ccc(CC(=O)N(C)CC(C)(C)CN)cc1.Cl. The Morgan fingerprint density at radius 3 is 2.30 bits per heavy atom. The van der Waals surface area contributed by atoms with Crippen LogP contribution in [0.15, 0.2) is 24.3 Å². The molecular formula is C18H31ClN2O2. The minimum atomic E-state index is -0.0566. The largest absolute Gasteiger partial charge is 0.493 e. The molecule has 0 fully saturated rings. The van der Waals surface area contributed by atoms with Crippen LogP contribution in [-0.4, -0.2) is 37.6 Å². The summed E-state index contributed by atoms with van der Waals surface area (Å²) in [7, 11) is 1.83. The minimum Gasteiger partial charge on any atom is -0.493 e. The molecule has 0 aliphatic heterocycles. The molecule has 1 aromatic rings. The lowest BCUT2D eigenvalue weighted by Crippen LogP contribution is -2.40. The zero-order chi connectivity index (χ0) is 16.8. The Morgan fingerprint density at radius 2 is 1.83 bits per heavy atom. The maximum atomic E-state index is 12.3. The van der Waals surface area contributed by atoms with Crippen molar-refractivity contribution in [3.05, 3.63) is 29.8 Å². The highest BCUT2D eigenvalue weighted by Gasteiger charge is 2.21. The summed E-state index contributed by atoms with van der Waals surface area (Å²) in [6.45, 7) is 10.3. The lowest BCUT2D eigenvalue weighted by atomic mass is 9.93. The van der Waals surface area contributed by atoms with Gasteiger partial charge in [0, 0.05) is 13.6 Å². The highest BCUT2D eigenvalue weighted by molar-refractivity contribution is 5.85. The molecule has 0 radical (unpaired) electrons. The molecule has 0 unspecified atom stereocenters. The van der Waals surface area contributed by atoms with E-state index in [9.17, 15) is 4.79 Å². The first kappa shape index (κ1) is 21.7. The molecule has 1 rings (SSSR count). The van der Waals surface area contributed by atoms with E-state index in [1.54, 1.807) is 4.90 Å². The fourth-order valence-corrected chi connectivity index (χ4v) is 2.07. The summed E-state index contributed by atoms with van der Waals surface area (Å²) in [4.78, 5) is 14.0. The second-order valence-electron chi connectivity index (χ2n) is 7.14. The summed E-state index contributed by atoms with van der Waals surface area (Å²) in [6.07, 6.45) is 0.404. The molecule has 0 atom stereocenters. The molecule has 1 amide bonds. The Kier molecular flexibility index (Phi) is 9.25. The topological polar surface area (TPSA) is 55.6 Å². The van der Waals surface area contributed by atoms with Crippen molar-refractivity contribution in [2.75, 3.05) is 26.7 Å². The maximum absolute atomic E-state index is 12.3. The van der Waals surface area contributed by atoms with Gasteiger partial charge in [-0.3, -0.25) is 4.79 Å². The molecule has 0 aliphatic carbocycles. The number of carbonyl (C=O) groups is 1. The van der Waals surface area contributed by atoms with Crippen LogP contribution < -0.4 is 10.5 Å². The van der Waals surface area contributed by atoms with Crippen LogP contribution in [0.25, 0.3) is 0 Å². The summed E-state index contributed by atoms with van der Waals surface area (Å²) in [5, 5.41) is 0. The number of ether oxygens (including phenoxy) is 1. The van der Waals surface area contributed by atoms with E-state index in [-0.39, 0.29) is 23.7 Å². The van der Waals surface area contributed by atoms with Crippen LogP contribution in [0.5, 0.6) is 5.75 Å². The van der Waals surface area contributed by atoms with E-state index in [1.165, 1.54) is 0 Å². The van der Waals surface area contributed by atoms with E-state index < -0.39 is 0 Å². The Bertz CT molecular complexity index is 472. The van der Waals surface area contributed by atoms with Crippen LogP contribution >= 0.6 is 12.4 Å². The number of nitrogens with zero attached hydrogens (tertiary/aromatic N) is 1. The van der Waals surface area contributed by atoms with Gasteiger partial charge in [-0.15, -0.1) is 12.4 Å². The number of hydrogen-bond acceptors (Lipinski definition) is 3. The lowest BCUT2D eigenvalue weighted by Gasteiger charge is -2.29. The van der Waals surface area contributed by atoms with Gasteiger partial charge in [0.2, 0.25) is 5.91 Å². The lowest BCUT2D eigenvalue weighted by molar-refractivity contribution is -0.130. The van der Waals surface area contributed by atoms with Crippen LogP contribution in [0, 0.1) is 11.3 Å². The number of likely N-dealkylation sites (N-methyl/N-ethyl adjacent to an activating group) is 1. The third-order valence-corrected chi connectivity index (χ3v) is 3.51. The molecule has 132 valence electrons. The Hall–Kier alpha value is -1.26. The van der Waals surface area contributed by atoms with Crippen LogP contribution in [0.3, 0.4) is 0 Å². The average molecular weight is 343 g/mol. The van der Waals surface area contributed by atoms with Gasteiger partial charge in [0.1, 0.15) is 5.75 Å². The van der Waals surface area contributed by atoms with Gasteiger partial charge in [-0.25, -0.2) is 0 Å². The smallest absolute Gasteiger partial charge is 0.226 e. The highest BCUT2D eigenvalue weighted by atomic mass is 35.5. The first-order valence-electron chi connectivity index (χ1n) is 7.89. The molecule has 0 saturated carbocycles. The van der Waals surface area contributed by atoms with E-state index in [2.05, 4.69) is 27.7 Å². The zero-order valence-electron chi connectivity index (χ0n) is 15.0. The molecule has 0 bridgehead atoms. The second kappa shape index (κ2) is 9.78. The summed E-state index contributed by atoms with van der Waals surface area (Å²) in [6, 6.07) is 7.76. The van der Waals surface area contributed by atoms with Gasteiger partial charge in [-0.1, -0.05) is 39.8 Å². The van der Waals surface area contributed by atoms with E-state index in [1.807, 2.05) is 31.3 Å². The van der Waals surface area contributed by atoms with Crippen LogP contribution in [0.2, 0.25) is 0 Å². The van der Waals surface area contributed by atoms with Gasteiger partial charge >= 0.3 is 0 Å². The van der Waals surface area contributed by atoms with E-state index in [0.29, 0.717) is 32.0 Å². The Labute approximate surface area is 146 Å². The average Bonchev–Trinajstić information content (AvgIpc) is 2.46. The molecule has 2 N–H and O–H groups in total. The molecule has 4 nitrogen and oxygen atoms in total. The fourth-order valence-electron chi connectivity index (χ4n) is 2.07. The van der Waals surface area contributed by atoms with Crippen molar-refractivity contribution >= 4 is 18.3 Å². The van der Waals surface area contributed by atoms with E-state index in [4.69, 9.17) is 10.5 Å². The van der Waals surface area contributed by atoms with E-state index >= 15 is 0 Å². The van der Waals surface area contributed by atoms with Crippen molar-refractivity contribution in [1.82, 2.24) is 4.90 Å². The van der Waals surface area contributed by atoms with Crippen molar-refractivity contribution in [2.24, 2.45) is 17.1 Å². The molecule has 0 saturated heterocycles.